The second kappa shape index (κ2) is 6.76. The van der Waals surface area contributed by atoms with Crippen molar-refractivity contribution in [3.63, 3.8) is 0 Å². The van der Waals surface area contributed by atoms with E-state index in [2.05, 4.69) is 21.5 Å². The molecule has 1 heterocycles. The van der Waals surface area contributed by atoms with Crippen molar-refractivity contribution in [2.75, 3.05) is 5.32 Å². The number of rotatable bonds is 4. The number of hydrogen-bond donors (Lipinski definition) is 4. The van der Waals surface area contributed by atoms with Crippen LogP contribution in [0.1, 0.15) is 11.1 Å². The minimum atomic E-state index is -0.406. The summed E-state index contributed by atoms with van der Waals surface area (Å²) >= 11 is 0. The molecule has 0 spiro atoms. The molecule has 0 radical (unpaired) electrons. The minimum absolute atomic E-state index is 0.113. The fraction of sp³-hybridized carbons (Fsp3) is 0.235. The number of anilines is 1. The van der Waals surface area contributed by atoms with Crippen LogP contribution in [0.3, 0.4) is 0 Å². The Morgan fingerprint density at radius 3 is 2.61 bits per heavy atom. The summed E-state index contributed by atoms with van der Waals surface area (Å²) in [6.07, 6.45) is 0.0878. The molecule has 2 unspecified atom stereocenters. The molecule has 120 valence electrons. The van der Waals surface area contributed by atoms with Gasteiger partial charge in [0.25, 0.3) is 0 Å². The molecule has 6 heteroatoms. The lowest BCUT2D eigenvalue weighted by Crippen LogP contribution is -2.68. The minimum Gasteiger partial charge on any atom is -0.352 e. The molecule has 4 N–H and O–H groups in total. The highest BCUT2D eigenvalue weighted by atomic mass is 19.1. The van der Waals surface area contributed by atoms with Gasteiger partial charge in [-0.05, 0) is 48.7 Å². The highest BCUT2D eigenvalue weighted by Gasteiger charge is 2.27. The molecule has 0 aromatic heterocycles. The summed E-state index contributed by atoms with van der Waals surface area (Å²) < 4.78 is 12.9. The van der Waals surface area contributed by atoms with Gasteiger partial charge in [-0.1, -0.05) is 24.3 Å². The molecule has 0 bridgehead atoms. The summed E-state index contributed by atoms with van der Waals surface area (Å²) in [5.74, 6) is -0.395. The summed E-state index contributed by atoms with van der Waals surface area (Å²) in [6.45, 7) is 2.01. The lowest BCUT2D eigenvalue weighted by atomic mass is 10.1. The quantitative estimate of drug-likeness (QED) is 0.693. The van der Waals surface area contributed by atoms with E-state index in [9.17, 15) is 9.18 Å². The van der Waals surface area contributed by atoms with Gasteiger partial charge in [-0.3, -0.25) is 4.79 Å². The van der Waals surface area contributed by atoms with Gasteiger partial charge < -0.3 is 10.6 Å². The maximum absolute atomic E-state index is 12.9. The summed E-state index contributed by atoms with van der Waals surface area (Å²) in [5.41, 5.74) is 8.98. The van der Waals surface area contributed by atoms with Gasteiger partial charge in [-0.15, -0.1) is 0 Å². The molecule has 2 aromatic rings. The first kappa shape index (κ1) is 15.5. The first-order valence-electron chi connectivity index (χ1n) is 7.49. The van der Waals surface area contributed by atoms with E-state index in [1.165, 1.54) is 12.1 Å². The lowest BCUT2D eigenvalue weighted by Gasteiger charge is -2.32. The van der Waals surface area contributed by atoms with Crippen LogP contribution in [-0.2, 0) is 11.2 Å². The topological polar surface area (TPSA) is 65.2 Å². The molecular weight excluding hydrogens is 295 g/mol. The standard InChI is InChI=1S/C17H19FN4O/c1-11-3-2-4-14(9-11)19-17-20-16(23)15(21-22-17)10-12-5-7-13(18)8-6-12/h2-9,15,17,19,21-22H,10H2,1H3,(H,20,23). The van der Waals surface area contributed by atoms with E-state index < -0.39 is 12.3 Å². The van der Waals surface area contributed by atoms with Gasteiger partial charge in [0.1, 0.15) is 11.9 Å². The van der Waals surface area contributed by atoms with Crippen molar-refractivity contribution in [3.8, 4) is 0 Å². The smallest absolute Gasteiger partial charge is 0.241 e. The van der Waals surface area contributed by atoms with Crippen molar-refractivity contribution in [2.45, 2.75) is 25.7 Å². The van der Waals surface area contributed by atoms with Crippen molar-refractivity contribution in [1.82, 2.24) is 16.2 Å². The number of halogens is 1. The Kier molecular flexibility index (Phi) is 4.55. The Morgan fingerprint density at radius 2 is 1.91 bits per heavy atom. The largest absolute Gasteiger partial charge is 0.352 e. The Morgan fingerprint density at radius 1 is 1.13 bits per heavy atom. The summed E-state index contributed by atoms with van der Waals surface area (Å²) in [7, 11) is 0. The predicted octanol–water partition coefficient (Wildman–Crippen LogP) is 1.66. The highest BCUT2D eigenvalue weighted by Crippen LogP contribution is 2.11. The molecule has 2 atom stereocenters. The maximum Gasteiger partial charge on any atom is 0.241 e. The third-order valence-corrected chi connectivity index (χ3v) is 3.69. The van der Waals surface area contributed by atoms with Gasteiger partial charge in [0.15, 0.2) is 6.29 Å². The lowest BCUT2D eigenvalue weighted by molar-refractivity contribution is -0.126. The molecule has 2 aromatic carbocycles. The molecule has 1 aliphatic heterocycles. The zero-order valence-corrected chi connectivity index (χ0v) is 12.8. The van der Waals surface area contributed by atoms with Gasteiger partial charge in [-0.2, -0.15) is 0 Å². The van der Waals surface area contributed by atoms with Crippen LogP contribution in [0.25, 0.3) is 0 Å². The Bertz CT molecular complexity index is 689. The molecule has 0 saturated carbocycles. The number of benzene rings is 2. The molecule has 1 aliphatic rings. The van der Waals surface area contributed by atoms with E-state index in [1.54, 1.807) is 12.1 Å². The summed E-state index contributed by atoms with van der Waals surface area (Å²) in [5, 5.41) is 6.06. The zero-order chi connectivity index (χ0) is 16.2. The van der Waals surface area contributed by atoms with Crippen LogP contribution in [0.2, 0.25) is 0 Å². The number of carbonyl (C=O) groups is 1. The SMILES string of the molecule is Cc1cccc(NC2NNC(Cc3ccc(F)cc3)C(=O)N2)c1. The van der Waals surface area contributed by atoms with Crippen LogP contribution < -0.4 is 21.5 Å². The Labute approximate surface area is 134 Å². The molecule has 5 nitrogen and oxygen atoms in total. The molecule has 1 fully saturated rings. The van der Waals surface area contributed by atoms with Crippen LogP contribution in [-0.4, -0.2) is 18.2 Å². The van der Waals surface area contributed by atoms with Gasteiger partial charge >= 0.3 is 0 Å². The molecule has 1 amide bonds. The Hall–Kier alpha value is -2.44. The normalized spacial score (nSPS) is 20.9. The maximum atomic E-state index is 12.9. The number of hydrogen-bond acceptors (Lipinski definition) is 4. The van der Waals surface area contributed by atoms with Gasteiger partial charge in [0.05, 0.1) is 0 Å². The van der Waals surface area contributed by atoms with E-state index in [-0.39, 0.29) is 11.7 Å². The van der Waals surface area contributed by atoms with E-state index >= 15 is 0 Å². The van der Waals surface area contributed by atoms with E-state index in [0.717, 1.165) is 16.8 Å². The fourth-order valence-corrected chi connectivity index (χ4v) is 2.50. The third kappa shape index (κ3) is 4.06. The third-order valence-electron chi connectivity index (χ3n) is 3.69. The second-order valence-corrected chi connectivity index (χ2v) is 5.63. The molecule has 3 rings (SSSR count). The van der Waals surface area contributed by atoms with Crippen LogP contribution in [0.15, 0.2) is 48.5 Å². The predicted molar refractivity (Wildman–Crippen MR) is 86.9 cm³/mol. The Balaban J connectivity index is 1.57. The fourth-order valence-electron chi connectivity index (χ4n) is 2.50. The summed E-state index contributed by atoms with van der Waals surface area (Å²) in [4.78, 5) is 12.2. The summed E-state index contributed by atoms with van der Waals surface area (Å²) in [6, 6.07) is 13.6. The van der Waals surface area contributed by atoms with E-state index in [0.29, 0.717) is 6.42 Å². The monoisotopic (exact) mass is 314 g/mol. The molecule has 0 aliphatic carbocycles. The van der Waals surface area contributed by atoms with Gasteiger partial charge in [-0.25, -0.2) is 15.2 Å². The van der Waals surface area contributed by atoms with Crippen LogP contribution in [0, 0.1) is 12.7 Å². The average Bonchev–Trinajstić information content (AvgIpc) is 2.52. The van der Waals surface area contributed by atoms with Crippen LogP contribution in [0.4, 0.5) is 10.1 Å². The zero-order valence-electron chi connectivity index (χ0n) is 12.8. The van der Waals surface area contributed by atoms with Gasteiger partial charge in [0, 0.05) is 5.69 Å². The number of amides is 1. The second-order valence-electron chi connectivity index (χ2n) is 5.63. The first-order valence-corrected chi connectivity index (χ1v) is 7.49. The van der Waals surface area contributed by atoms with Crippen molar-refractivity contribution in [1.29, 1.82) is 0 Å². The van der Waals surface area contributed by atoms with E-state index in [4.69, 9.17) is 0 Å². The van der Waals surface area contributed by atoms with Crippen LogP contribution >= 0.6 is 0 Å². The molecule has 1 saturated heterocycles. The van der Waals surface area contributed by atoms with Crippen molar-refractivity contribution in [2.24, 2.45) is 0 Å². The van der Waals surface area contributed by atoms with Gasteiger partial charge in [0.2, 0.25) is 5.91 Å². The average molecular weight is 314 g/mol. The first-order chi connectivity index (χ1) is 11.1. The molecular formula is C17H19FN4O. The number of carbonyl (C=O) groups excluding carboxylic acids is 1. The van der Waals surface area contributed by atoms with Crippen molar-refractivity contribution >= 4 is 11.6 Å². The van der Waals surface area contributed by atoms with E-state index in [1.807, 2.05) is 31.2 Å². The molecule has 23 heavy (non-hydrogen) atoms. The number of hydrazine groups is 1. The van der Waals surface area contributed by atoms with Crippen molar-refractivity contribution < 1.29 is 9.18 Å². The van der Waals surface area contributed by atoms with Crippen LogP contribution in [0.5, 0.6) is 0 Å². The van der Waals surface area contributed by atoms with Crippen molar-refractivity contribution in [3.05, 3.63) is 65.5 Å². The number of aryl methyl sites for hydroxylation is 1. The number of nitrogens with one attached hydrogen (secondary N) is 4. The highest BCUT2D eigenvalue weighted by molar-refractivity contribution is 5.83.